The van der Waals surface area contributed by atoms with Crippen LogP contribution in [0.25, 0.3) is 0 Å². The summed E-state index contributed by atoms with van der Waals surface area (Å²) in [4.78, 5) is 0. The van der Waals surface area contributed by atoms with Crippen LogP contribution in [0.4, 0.5) is 5.69 Å². The van der Waals surface area contributed by atoms with Gasteiger partial charge in [-0.2, -0.15) is 0 Å². The van der Waals surface area contributed by atoms with E-state index in [1.807, 2.05) is 0 Å². The van der Waals surface area contributed by atoms with E-state index in [0.29, 0.717) is 28.1 Å². The maximum Gasteiger partial charge on any atom is 0.144 e. The van der Waals surface area contributed by atoms with Gasteiger partial charge in [-0.1, -0.05) is 35.9 Å². The van der Waals surface area contributed by atoms with Gasteiger partial charge in [0.2, 0.25) is 0 Å². The van der Waals surface area contributed by atoms with Gasteiger partial charge in [-0.05, 0) is 6.07 Å². The van der Waals surface area contributed by atoms with Gasteiger partial charge in [0.25, 0.3) is 0 Å². The van der Waals surface area contributed by atoms with Crippen LogP contribution in [0.2, 0.25) is 10.0 Å². The van der Waals surface area contributed by atoms with Crippen LogP contribution in [0.15, 0.2) is 24.8 Å². The highest BCUT2D eigenvalue weighted by Crippen LogP contribution is 2.32. The van der Waals surface area contributed by atoms with E-state index in [0.717, 1.165) is 0 Å². The summed E-state index contributed by atoms with van der Waals surface area (Å²) in [6.45, 7) is 3.91. The lowest BCUT2D eigenvalue weighted by atomic mass is 10.3. The van der Waals surface area contributed by atoms with Crippen molar-refractivity contribution in [1.29, 1.82) is 0 Å². The topological polar surface area (TPSA) is 35.2 Å². The van der Waals surface area contributed by atoms with Gasteiger partial charge >= 0.3 is 0 Å². The molecule has 0 radical (unpaired) electrons. The molecule has 0 heterocycles. The van der Waals surface area contributed by atoms with Gasteiger partial charge in [-0.25, -0.2) is 0 Å². The van der Waals surface area contributed by atoms with Gasteiger partial charge in [0.15, 0.2) is 0 Å². The van der Waals surface area contributed by atoms with Gasteiger partial charge in [-0.3, -0.25) is 0 Å². The van der Waals surface area contributed by atoms with Crippen LogP contribution >= 0.6 is 23.2 Å². The number of hydrogen-bond donors (Lipinski definition) is 1. The van der Waals surface area contributed by atoms with Crippen molar-refractivity contribution in [3.8, 4) is 5.75 Å². The Morgan fingerprint density at radius 3 is 2.62 bits per heavy atom. The average Bonchev–Trinajstić information content (AvgIpc) is 2.09. The second-order valence-corrected chi connectivity index (χ2v) is 3.22. The molecule has 0 saturated carbocycles. The molecule has 0 amide bonds. The predicted octanol–water partition coefficient (Wildman–Crippen LogP) is 3.14. The Labute approximate surface area is 86.9 Å². The van der Waals surface area contributed by atoms with Gasteiger partial charge in [0.05, 0.1) is 15.7 Å². The molecule has 0 bridgehead atoms. The second-order valence-electron chi connectivity index (χ2n) is 2.40. The second kappa shape index (κ2) is 4.40. The predicted molar refractivity (Wildman–Crippen MR) is 56.6 cm³/mol. The zero-order valence-electron chi connectivity index (χ0n) is 6.89. The molecule has 0 aliphatic carbocycles. The van der Waals surface area contributed by atoms with Crippen LogP contribution < -0.4 is 10.5 Å². The summed E-state index contributed by atoms with van der Waals surface area (Å²) in [6.07, 6.45) is 1.63. The standard InChI is InChI=1S/C9H9Cl2NO/c1-2-3-13-9-5-7(11)6(10)4-8(9)12/h2,4-5H,1,3,12H2. The van der Waals surface area contributed by atoms with Crippen molar-refractivity contribution in [3.63, 3.8) is 0 Å². The monoisotopic (exact) mass is 217 g/mol. The lowest BCUT2D eigenvalue weighted by Crippen LogP contribution is -1.97. The quantitative estimate of drug-likeness (QED) is 0.624. The minimum absolute atomic E-state index is 0.391. The maximum absolute atomic E-state index is 5.77. The van der Waals surface area contributed by atoms with Crippen molar-refractivity contribution in [2.75, 3.05) is 12.3 Å². The molecule has 0 aliphatic rings. The fourth-order valence-corrected chi connectivity index (χ4v) is 1.14. The molecule has 4 heteroatoms. The zero-order chi connectivity index (χ0) is 9.84. The first-order valence-electron chi connectivity index (χ1n) is 3.63. The average molecular weight is 218 g/mol. The zero-order valence-corrected chi connectivity index (χ0v) is 8.40. The maximum atomic E-state index is 5.77. The summed E-state index contributed by atoms with van der Waals surface area (Å²) in [7, 11) is 0. The summed E-state index contributed by atoms with van der Waals surface area (Å²) in [5, 5.41) is 0.847. The molecule has 13 heavy (non-hydrogen) atoms. The lowest BCUT2D eigenvalue weighted by molar-refractivity contribution is 0.365. The lowest BCUT2D eigenvalue weighted by Gasteiger charge is -2.07. The molecule has 0 aromatic heterocycles. The molecule has 0 fully saturated rings. The van der Waals surface area contributed by atoms with Gasteiger partial charge < -0.3 is 10.5 Å². The molecule has 70 valence electrons. The highest BCUT2D eigenvalue weighted by Gasteiger charge is 2.04. The Balaban J connectivity index is 2.94. The molecular formula is C9H9Cl2NO. The number of nitrogen functional groups attached to an aromatic ring is 1. The van der Waals surface area contributed by atoms with Gasteiger partial charge in [0.1, 0.15) is 12.4 Å². The molecule has 1 aromatic rings. The molecular weight excluding hydrogens is 209 g/mol. The minimum Gasteiger partial charge on any atom is -0.487 e. The fourth-order valence-electron chi connectivity index (χ4n) is 0.818. The third-order valence-corrected chi connectivity index (χ3v) is 2.13. The number of nitrogens with two attached hydrogens (primary N) is 1. The molecule has 2 N–H and O–H groups in total. The Morgan fingerprint density at radius 2 is 2.00 bits per heavy atom. The van der Waals surface area contributed by atoms with Crippen LogP contribution in [0, 0.1) is 0 Å². The molecule has 0 spiro atoms. The number of hydrogen-bond acceptors (Lipinski definition) is 2. The van der Waals surface area contributed by atoms with Crippen LogP contribution in [-0.4, -0.2) is 6.61 Å². The molecule has 0 unspecified atom stereocenters. The van der Waals surface area contributed by atoms with E-state index in [4.69, 9.17) is 33.7 Å². The van der Waals surface area contributed by atoms with Crippen molar-refractivity contribution in [3.05, 3.63) is 34.8 Å². The third-order valence-electron chi connectivity index (χ3n) is 1.41. The van der Waals surface area contributed by atoms with Crippen LogP contribution in [-0.2, 0) is 0 Å². The number of benzene rings is 1. The van der Waals surface area contributed by atoms with E-state index in [1.165, 1.54) is 0 Å². The van der Waals surface area contributed by atoms with E-state index >= 15 is 0 Å². The first-order valence-corrected chi connectivity index (χ1v) is 4.39. The van der Waals surface area contributed by atoms with Crippen molar-refractivity contribution >= 4 is 28.9 Å². The van der Waals surface area contributed by atoms with E-state index in [-0.39, 0.29) is 0 Å². The normalized spacial score (nSPS) is 9.69. The van der Waals surface area contributed by atoms with E-state index in [9.17, 15) is 0 Å². The largest absolute Gasteiger partial charge is 0.487 e. The number of anilines is 1. The van der Waals surface area contributed by atoms with Crippen molar-refractivity contribution in [2.45, 2.75) is 0 Å². The smallest absolute Gasteiger partial charge is 0.144 e. The molecule has 0 aliphatic heterocycles. The molecule has 1 aromatic carbocycles. The Hall–Kier alpha value is -0.860. The van der Waals surface area contributed by atoms with Crippen molar-refractivity contribution in [2.24, 2.45) is 0 Å². The summed E-state index contributed by atoms with van der Waals surface area (Å²) in [5.74, 6) is 0.523. The summed E-state index contributed by atoms with van der Waals surface area (Å²) < 4.78 is 5.24. The van der Waals surface area contributed by atoms with Crippen LogP contribution in [0.3, 0.4) is 0 Å². The van der Waals surface area contributed by atoms with Crippen LogP contribution in [0.5, 0.6) is 5.75 Å². The Kier molecular flexibility index (Phi) is 3.46. The van der Waals surface area contributed by atoms with Crippen LogP contribution in [0.1, 0.15) is 0 Å². The number of ether oxygens (including phenoxy) is 1. The van der Waals surface area contributed by atoms with Crippen molar-refractivity contribution < 1.29 is 4.74 Å². The summed E-state index contributed by atoms with van der Waals surface area (Å²) >= 11 is 11.5. The highest BCUT2D eigenvalue weighted by molar-refractivity contribution is 6.42. The van der Waals surface area contributed by atoms with Gasteiger partial charge in [0, 0.05) is 6.07 Å². The molecule has 0 atom stereocenters. The molecule has 1 rings (SSSR count). The van der Waals surface area contributed by atoms with E-state index < -0.39 is 0 Å². The van der Waals surface area contributed by atoms with E-state index in [2.05, 4.69) is 6.58 Å². The summed E-state index contributed by atoms with van der Waals surface area (Å²) in [5.41, 5.74) is 6.10. The minimum atomic E-state index is 0.391. The molecule has 0 saturated heterocycles. The Morgan fingerprint density at radius 1 is 1.38 bits per heavy atom. The van der Waals surface area contributed by atoms with Crippen molar-refractivity contribution in [1.82, 2.24) is 0 Å². The first-order chi connectivity index (χ1) is 6.15. The van der Waals surface area contributed by atoms with Gasteiger partial charge in [-0.15, -0.1) is 0 Å². The number of halogens is 2. The highest BCUT2D eigenvalue weighted by atomic mass is 35.5. The SMILES string of the molecule is C=CCOc1cc(Cl)c(Cl)cc1N. The van der Waals surface area contributed by atoms with E-state index in [1.54, 1.807) is 18.2 Å². The molecule has 2 nitrogen and oxygen atoms in total. The Bertz CT molecular complexity index is 326. The first kappa shape index (κ1) is 10.2. The fraction of sp³-hybridized carbons (Fsp3) is 0.111. The summed E-state index contributed by atoms with van der Waals surface area (Å²) in [6, 6.07) is 3.14. The third kappa shape index (κ3) is 2.54. The number of rotatable bonds is 3.